The molecule has 0 bridgehead atoms. The molecule has 0 spiro atoms. The molecule has 2 aromatic rings. The van der Waals surface area contributed by atoms with Crippen LogP contribution in [0.5, 0.6) is 0 Å². The molecule has 3 N–H and O–H groups in total. The van der Waals surface area contributed by atoms with Crippen molar-refractivity contribution in [3.8, 4) is 17.3 Å². The van der Waals surface area contributed by atoms with Gasteiger partial charge in [-0.3, -0.25) is 4.79 Å². The molecule has 1 aromatic carbocycles. The number of nitriles is 1. The molecule has 1 atom stereocenters. The summed E-state index contributed by atoms with van der Waals surface area (Å²) in [4.78, 5) is 11.6. The Bertz CT molecular complexity index is 756. The zero-order valence-electron chi connectivity index (χ0n) is 12.1. The van der Waals surface area contributed by atoms with Gasteiger partial charge in [-0.15, -0.1) is 0 Å². The minimum absolute atomic E-state index is 0.121. The summed E-state index contributed by atoms with van der Waals surface area (Å²) in [6.45, 7) is 1.94. The molecule has 7 nitrogen and oxygen atoms in total. The SMILES string of the molecule is COC(=O)C(C#N)C(=N)c1c(-c2ccc(C)cc2)noc1N. The number of aryl methyl sites for hydroxylation is 1. The summed E-state index contributed by atoms with van der Waals surface area (Å²) in [7, 11) is 1.15. The summed E-state index contributed by atoms with van der Waals surface area (Å²) in [5.74, 6) is -2.34. The Kier molecular flexibility index (Phi) is 4.23. The highest BCUT2D eigenvalue weighted by Gasteiger charge is 2.31. The number of methoxy groups -OCH3 is 1. The van der Waals surface area contributed by atoms with Crippen LogP contribution in [-0.2, 0) is 9.53 Å². The topological polar surface area (TPSA) is 126 Å². The predicted molar refractivity (Wildman–Crippen MR) is 79.0 cm³/mol. The molecule has 1 aromatic heterocycles. The molecule has 0 aliphatic carbocycles. The number of benzene rings is 1. The van der Waals surface area contributed by atoms with E-state index >= 15 is 0 Å². The number of hydrogen-bond acceptors (Lipinski definition) is 7. The third kappa shape index (κ3) is 2.67. The van der Waals surface area contributed by atoms with E-state index < -0.39 is 11.9 Å². The first-order valence-electron chi connectivity index (χ1n) is 6.38. The number of hydrogen-bond donors (Lipinski definition) is 2. The molecule has 0 radical (unpaired) electrons. The number of rotatable bonds is 4. The third-order valence-electron chi connectivity index (χ3n) is 3.17. The molecule has 22 heavy (non-hydrogen) atoms. The third-order valence-corrected chi connectivity index (χ3v) is 3.17. The van der Waals surface area contributed by atoms with Gasteiger partial charge in [0.2, 0.25) is 5.88 Å². The highest BCUT2D eigenvalue weighted by atomic mass is 16.5. The molecule has 0 aliphatic rings. The molecule has 7 heteroatoms. The van der Waals surface area contributed by atoms with Crippen molar-refractivity contribution in [3.05, 3.63) is 35.4 Å². The summed E-state index contributed by atoms with van der Waals surface area (Å²) >= 11 is 0. The van der Waals surface area contributed by atoms with Gasteiger partial charge in [-0.25, -0.2) is 0 Å². The lowest BCUT2D eigenvalue weighted by molar-refractivity contribution is -0.141. The molecule has 1 heterocycles. The fourth-order valence-corrected chi connectivity index (χ4v) is 1.97. The van der Waals surface area contributed by atoms with Crippen molar-refractivity contribution >= 4 is 17.6 Å². The lowest BCUT2D eigenvalue weighted by atomic mass is 9.95. The number of anilines is 1. The van der Waals surface area contributed by atoms with Gasteiger partial charge in [0.1, 0.15) is 5.69 Å². The summed E-state index contributed by atoms with van der Waals surface area (Å²) in [5.41, 5.74) is 7.58. The smallest absolute Gasteiger partial charge is 0.329 e. The van der Waals surface area contributed by atoms with E-state index in [2.05, 4.69) is 9.89 Å². The van der Waals surface area contributed by atoms with E-state index in [9.17, 15) is 4.79 Å². The van der Waals surface area contributed by atoms with Crippen molar-refractivity contribution in [3.63, 3.8) is 0 Å². The first-order valence-corrected chi connectivity index (χ1v) is 6.38. The Labute approximate surface area is 126 Å². The quantitative estimate of drug-likeness (QED) is 0.655. The monoisotopic (exact) mass is 298 g/mol. The van der Waals surface area contributed by atoms with Gasteiger partial charge >= 0.3 is 5.97 Å². The van der Waals surface area contributed by atoms with Crippen LogP contribution >= 0.6 is 0 Å². The molecule has 0 aliphatic heterocycles. The van der Waals surface area contributed by atoms with E-state index in [4.69, 9.17) is 20.9 Å². The van der Waals surface area contributed by atoms with Crippen molar-refractivity contribution in [2.45, 2.75) is 6.92 Å². The van der Waals surface area contributed by atoms with Gasteiger partial charge in [0, 0.05) is 5.56 Å². The average molecular weight is 298 g/mol. The zero-order valence-corrected chi connectivity index (χ0v) is 12.1. The molecule has 0 saturated heterocycles. The van der Waals surface area contributed by atoms with Gasteiger partial charge in [0.15, 0.2) is 5.92 Å². The van der Waals surface area contributed by atoms with Gasteiger partial charge in [0.05, 0.1) is 24.5 Å². The Morgan fingerprint density at radius 2 is 2.09 bits per heavy atom. The Hall–Kier alpha value is -3.14. The molecular formula is C15H14N4O3. The second kappa shape index (κ2) is 6.10. The first kappa shape index (κ1) is 15.3. The van der Waals surface area contributed by atoms with Crippen LogP contribution < -0.4 is 5.73 Å². The fourth-order valence-electron chi connectivity index (χ4n) is 1.97. The summed E-state index contributed by atoms with van der Waals surface area (Å²) < 4.78 is 9.46. The summed E-state index contributed by atoms with van der Waals surface area (Å²) in [6.07, 6.45) is 0. The largest absolute Gasteiger partial charge is 0.468 e. The van der Waals surface area contributed by atoms with Crippen molar-refractivity contribution in [2.75, 3.05) is 12.8 Å². The lowest BCUT2D eigenvalue weighted by Gasteiger charge is -2.09. The Morgan fingerprint density at radius 3 is 2.64 bits per heavy atom. The molecular weight excluding hydrogens is 284 g/mol. The highest BCUT2D eigenvalue weighted by molar-refractivity contribution is 6.16. The second-order valence-electron chi connectivity index (χ2n) is 4.64. The van der Waals surface area contributed by atoms with Crippen molar-refractivity contribution in [2.24, 2.45) is 5.92 Å². The number of nitrogens with two attached hydrogens (primary N) is 1. The zero-order chi connectivity index (χ0) is 16.3. The van der Waals surface area contributed by atoms with Crippen LogP contribution in [0.15, 0.2) is 28.8 Å². The maximum absolute atomic E-state index is 11.6. The van der Waals surface area contributed by atoms with Crippen LogP contribution in [-0.4, -0.2) is 23.9 Å². The number of carbonyl (C=O) groups excluding carboxylic acids is 1. The molecule has 2 rings (SSSR count). The maximum Gasteiger partial charge on any atom is 0.329 e. The number of esters is 1. The number of aromatic nitrogens is 1. The molecule has 0 amide bonds. The number of carbonyl (C=O) groups is 1. The standard InChI is InChI=1S/C15H14N4O3/c1-8-3-5-9(6-4-8)13-11(14(18)22-19-13)12(17)10(7-16)15(20)21-2/h3-6,10,17H,18H2,1-2H3. The lowest BCUT2D eigenvalue weighted by Crippen LogP contribution is -2.24. The van der Waals surface area contributed by atoms with Crippen LogP contribution in [0.25, 0.3) is 11.3 Å². The van der Waals surface area contributed by atoms with E-state index in [1.54, 1.807) is 18.2 Å². The number of nitrogens with one attached hydrogen (secondary N) is 1. The highest BCUT2D eigenvalue weighted by Crippen LogP contribution is 2.29. The van der Waals surface area contributed by atoms with Crippen LogP contribution in [0.1, 0.15) is 11.1 Å². The number of nitrogens with zero attached hydrogens (tertiary/aromatic N) is 2. The van der Waals surface area contributed by atoms with E-state index in [-0.39, 0.29) is 17.2 Å². The van der Waals surface area contributed by atoms with Crippen LogP contribution in [0.4, 0.5) is 5.88 Å². The van der Waals surface area contributed by atoms with E-state index in [0.29, 0.717) is 11.3 Å². The minimum atomic E-state index is -1.39. The van der Waals surface area contributed by atoms with E-state index in [1.807, 2.05) is 19.1 Å². The maximum atomic E-state index is 11.6. The van der Waals surface area contributed by atoms with Gasteiger partial charge in [0.25, 0.3) is 0 Å². The van der Waals surface area contributed by atoms with Crippen molar-refractivity contribution in [1.29, 1.82) is 10.7 Å². The van der Waals surface area contributed by atoms with Gasteiger partial charge < -0.3 is 20.4 Å². The Balaban J connectivity index is 2.50. The number of ether oxygens (including phenoxy) is 1. The van der Waals surface area contributed by atoms with Gasteiger partial charge in [-0.2, -0.15) is 5.26 Å². The normalized spacial score (nSPS) is 11.5. The Morgan fingerprint density at radius 1 is 1.45 bits per heavy atom. The average Bonchev–Trinajstić information content (AvgIpc) is 2.90. The van der Waals surface area contributed by atoms with Crippen molar-refractivity contribution in [1.82, 2.24) is 5.16 Å². The first-order chi connectivity index (χ1) is 10.5. The van der Waals surface area contributed by atoms with E-state index in [0.717, 1.165) is 12.7 Å². The van der Waals surface area contributed by atoms with E-state index in [1.165, 1.54) is 0 Å². The second-order valence-corrected chi connectivity index (χ2v) is 4.64. The van der Waals surface area contributed by atoms with Crippen molar-refractivity contribution < 1.29 is 14.1 Å². The molecule has 1 unspecified atom stereocenters. The van der Waals surface area contributed by atoms with Gasteiger partial charge in [-0.1, -0.05) is 35.0 Å². The summed E-state index contributed by atoms with van der Waals surface area (Å²) in [5, 5.41) is 21.0. The van der Waals surface area contributed by atoms with Crippen LogP contribution in [0.2, 0.25) is 0 Å². The predicted octanol–water partition coefficient (Wildman–Crippen LogP) is 1.91. The summed E-state index contributed by atoms with van der Waals surface area (Å²) in [6, 6.07) is 9.06. The molecule has 112 valence electrons. The van der Waals surface area contributed by atoms with Crippen LogP contribution in [0, 0.1) is 29.6 Å². The molecule has 0 fully saturated rings. The minimum Gasteiger partial charge on any atom is -0.468 e. The van der Waals surface area contributed by atoms with Crippen LogP contribution in [0.3, 0.4) is 0 Å². The fraction of sp³-hybridized carbons (Fsp3) is 0.200. The van der Waals surface area contributed by atoms with Gasteiger partial charge in [-0.05, 0) is 6.92 Å². The number of nitrogen functional groups attached to an aromatic ring is 1. The molecule has 0 saturated carbocycles.